The van der Waals surface area contributed by atoms with Gasteiger partial charge in [-0.05, 0) is 20.3 Å². The van der Waals surface area contributed by atoms with Gasteiger partial charge < -0.3 is 15.8 Å². The van der Waals surface area contributed by atoms with Crippen molar-refractivity contribution in [3.63, 3.8) is 0 Å². The number of carbonyl (C=O) groups excluding carboxylic acids is 2. The third-order valence-corrected chi connectivity index (χ3v) is 1.94. The Labute approximate surface area is 90.4 Å². The molecule has 0 rings (SSSR count). The Hall–Kier alpha value is -1.10. The summed E-state index contributed by atoms with van der Waals surface area (Å²) in [6.45, 7) is 5.55. The Morgan fingerprint density at radius 2 is 2.00 bits per heavy atom. The summed E-state index contributed by atoms with van der Waals surface area (Å²) in [4.78, 5) is 22.6. The molecule has 5 nitrogen and oxygen atoms in total. The maximum Gasteiger partial charge on any atom is 0.328 e. The number of rotatable bonds is 6. The van der Waals surface area contributed by atoms with Crippen molar-refractivity contribution in [2.45, 2.75) is 45.7 Å². The molecule has 15 heavy (non-hydrogen) atoms. The van der Waals surface area contributed by atoms with E-state index in [0.717, 1.165) is 6.42 Å². The minimum absolute atomic E-state index is 0.306. The molecule has 0 aromatic heterocycles. The van der Waals surface area contributed by atoms with Gasteiger partial charge in [0.15, 0.2) is 0 Å². The van der Waals surface area contributed by atoms with Crippen molar-refractivity contribution in [2.75, 3.05) is 6.61 Å². The number of nitrogens with one attached hydrogen (secondary N) is 1. The highest BCUT2D eigenvalue weighted by atomic mass is 16.5. The third-order valence-electron chi connectivity index (χ3n) is 1.94. The van der Waals surface area contributed by atoms with Crippen LogP contribution in [0, 0.1) is 0 Å². The van der Waals surface area contributed by atoms with Gasteiger partial charge >= 0.3 is 5.97 Å². The Morgan fingerprint density at radius 3 is 2.47 bits per heavy atom. The topological polar surface area (TPSA) is 81.4 Å². The van der Waals surface area contributed by atoms with Crippen molar-refractivity contribution in [3.05, 3.63) is 0 Å². The molecule has 3 N–H and O–H groups in total. The van der Waals surface area contributed by atoms with Crippen LogP contribution in [0.25, 0.3) is 0 Å². The highest BCUT2D eigenvalue weighted by Gasteiger charge is 2.19. The van der Waals surface area contributed by atoms with Crippen molar-refractivity contribution in [2.24, 2.45) is 5.73 Å². The number of hydrogen-bond acceptors (Lipinski definition) is 4. The van der Waals surface area contributed by atoms with E-state index < -0.39 is 18.1 Å². The quantitative estimate of drug-likeness (QED) is 0.621. The second-order valence-electron chi connectivity index (χ2n) is 3.38. The summed E-state index contributed by atoms with van der Waals surface area (Å²) < 4.78 is 4.75. The normalized spacial score (nSPS) is 14.1. The van der Waals surface area contributed by atoms with E-state index in [-0.39, 0.29) is 5.91 Å². The lowest BCUT2D eigenvalue weighted by Crippen LogP contribution is -2.47. The molecule has 0 aromatic carbocycles. The summed E-state index contributed by atoms with van der Waals surface area (Å²) in [7, 11) is 0. The fourth-order valence-electron chi connectivity index (χ4n) is 1.09. The van der Waals surface area contributed by atoms with E-state index in [0.29, 0.717) is 13.0 Å². The fraction of sp³-hybridized carbons (Fsp3) is 0.800. The van der Waals surface area contributed by atoms with Crippen LogP contribution in [0.1, 0.15) is 33.6 Å². The zero-order valence-corrected chi connectivity index (χ0v) is 9.58. The van der Waals surface area contributed by atoms with Crippen LogP contribution in [-0.4, -0.2) is 30.6 Å². The first-order valence-electron chi connectivity index (χ1n) is 5.25. The summed E-state index contributed by atoms with van der Waals surface area (Å²) in [6, 6.07) is -1.19. The SMILES string of the molecule is CCC[C@H](N)C(=O)NC(C)C(=O)OCC. The standard InChI is InChI=1S/C10H20N2O3/c1-4-6-8(11)9(13)12-7(3)10(14)15-5-2/h7-8H,4-6,11H2,1-3H3,(H,12,13)/t7?,8-/m0/s1. The van der Waals surface area contributed by atoms with Crippen molar-refractivity contribution >= 4 is 11.9 Å². The van der Waals surface area contributed by atoms with Gasteiger partial charge in [0.05, 0.1) is 12.6 Å². The molecule has 0 heterocycles. The van der Waals surface area contributed by atoms with Gasteiger partial charge in [0.1, 0.15) is 6.04 Å². The van der Waals surface area contributed by atoms with Crippen LogP contribution in [0.15, 0.2) is 0 Å². The molecule has 1 amide bonds. The highest BCUT2D eigenvalue weighted by Crippen LogP contribution is 1.95. The Bertz CT molecular complexity index is 219. The largest absolute Gasteiger partial charge is 0.464 e. The third kappa shape index (κ3) is 5.37. The van der Waals surface area contributed by atoms with Crippen molar-refractivity contribution in [3.8, 4) is 0 Å². The molecular weight excluding hydrogens is 196 g/mol. The van der Waals surface area contributed by atoms with Crippen molar-refractivity contribution in [1.82, 2.24) is 5.32 Å². The average molecular weight is 216 g/mol. The Morgan fingerprint density at radius 1 is 1.40 bits per heavy atom. The highest BCUT2D eigenvalue weighted by molar-refractivity contribution is 5.87. The van der Waals surface area contributed by atoms with Crippen molar-refractivity contribution < 1.29 is 14.3 Å². The molecule has 0 aromatic rings. The van der Waals surface area contributed by atoms with Crippen LogP contribution in [0.4, 0.5) is 0 Å². The lowest BCUT2D eigenvalue weighted by Gasteiger charge is -2.15. The van der Waals surface area contributed by atoms with Gasteiger partial charge in [-0.15, -0.1) is 0 Å². The van der Waals surface area contributed by atoms with Crippen molar-refractivity contribution in [1.29, 1.82) is 0 Å². The average Bonchev–Trinajstić information content (AvgIpc) is 2.18. The number of nitrogens with two attached hydrogens (primary N) is 1. The molecule has 0 aliphatic heterocycles. The number of amides is 1. The molecule has 1 unspecified atom stereocenters. The lowest BCUT2D eigenvalue weighted by atomic mass is 10.1. The summed E-state index contributed by atoms with van der Waals surface area (Å²) >= 11 is 0. The second kappa shape index (κ2) is 7.23. The maximum absolute atomic E-state index is 11.4. The van der Waals surface area contributed by atoms with E-state index in [1.807, 2.05) is 6.92 Å². The van der Waals surface area contributed by atoms with Crippen LogP contribution < -0.4 is 11.1 Å². The summed E-state index contributed by atoms with van der Waals surface area (Å²) in [6.07, 6.45) is 1.45. The van der Waals surface area contributed by atoms with Gasteiger partial charge in [0.2, 0.25) is 5.91 Å². The molecule has 0 radical (unpaired) electrons. The molecule has 0 bridgehead atoms. The molecule has 88 valence electrons. The molecular formula is C10H20N2O3. The first-order valence-corrected chi connectivity index (χ1v) is 5.25. The smallest absolute Gasteiger partial charge is 0.328 e. The van der Waals surface area contributed by atoms with Gasteiger partial charge in [0, 0.05) is 0 Å². The predicted octanol–water partition coefficient (Wildman–Crippen LogP) is 0.182. The fourth-order valence-corrected chi connectivity index (χ4v) is 1.09. The zero-order chi connectivity index (χ0) is 11.8. The van der Waals surface area contributed by atoms with E-state index in [2.05, 4.69) is 5.32 Å². The van der Waals surface area contributed by atoms with Crippen LogP contribution in [0.5, 0.6) is 0 Å². The number of hydrogen-bond donors (Lipinski definition) is 2. The van der Waals surface area contributed by atoms with E-state index in [9.17, 15) is 9.59 Å². The number of ether oxygens (including phenoxy) is 1. The van der Waals surface area contributed by atoms with Crippen LogP contribution >= 0.6 is 0 Å². The van der Waals surface area contributed by atoms with Gasteiger partial charge in [-0.1, -0.05) is 13.3 Å². The minimum atomic E-state index is -0.639. The predicted molar refractivity (Wildman–Crippen MR) is 57.1 cm³/mol. The number of carbonyl (C=O) groups is 2. The monoisotopic (exact) mass is 216 g/mol. The molecule has 0 spiro atoms. The minimum Gasteiger partial charge on any atom is -0.464 e. The Kier molecular flexibility index (Phi) is 6.70. The molecule has 0 saturated heterocycles. The summed E-state index contributed by atoms with van der Waals surface area (Å²) in [5, 5.41) is 2.51. The van der Waals surface area contributed by atoms with Gasteiger partial charge in [-0.3, -0.25) is 4.79 Å². The summed E-state index contributed by atoms with van der Waals surface area (Å²) in [5.41, 5.74) is 5.59. The van der Waals surface area contributed by atoms with Gasteiger partial charge in [0.25, 0.3) is 0 Å². The van der Waals surface area contributed by atoms with E-state index >= 15 is 0 Å². The van der Waals surface area contributed by atoms with Crippen LogP contribution in [-0.2, 0) is 14.3 Å². The number of esters is 1. The molecule has 0 aliphatic carbocycles. The molecule has 5 heteroatoms. The second-order valence-corrected chi connectivity index (χ2v) is 3.38. The van der Waals surface area contributed by atoms with E-state index in [1.165, 1.54) is 0 Å². The molecule has 2 atom stereocenters. The molecule has 0 saturated carbocycles. The van der Waals surface area contributed by atoms with Gasteiger partial charge in [-0.25, -0.2) is 4.79 Å². The van der Waals surface area contributed by atoms with Crippen LogP contribution in [0.2, 0.25) is 0 Å². The molecule has 0 fully saturated rings. The maximum atomic E-state index is 11.4. The lowest BCUT2D eigenvalue weighted by molar-refractivity contribution is -0.147. The first kappa shape index (κ1) is 13.9. The van der Waals surface area contributed by atoms with E-state index in [1.54, 1.807) is 13.8 Å². The van der Waals surface area contributed by atoms with Gasteiger partial charge in [-0.2, -0.15) is 0 Å². The van der Waals surface area contributed by atoms with E-state index in [4.69, 9.17) is 10.5 Å². The first-order chi connectivity index (χ1) is 7.02. The Balaban J connectivity index is 4.00. The van der Waals surface area contributed by atoms with Crippen LogP contribution in [0.3, 0.4) is 0 Å². The molecule has 0 aliphatic rings. The zero-order valence-electron chi connectivity index (χ0n) is 9.58. The summed E-state index contributed by atoms with van der Waals surface area (Å²) in [5.74, 6) is -0.744.